The van der Waals surface area contributed by atoms with Gasteiger partial charge in [0, 0.05) is 13.2 Å². The third-order valence-corrected chi connectivity index (χ3v) is 3.75. The summed E-state index contributed by atoms with van der Waals surface area (Å²) in [7, 11) is 1.62. The van der Waals surface area contributed by atoms with Crippen LogP contribution in [0, 0.1) is 0 Å². The number of ether oxygens (including phenoxy) is 1. The molecule has 0 saturated carbocycles. The third kappa shape index (κ3) is 2.06. The molecule has 0 saturated heterocycles. The highest BCUT2D eigenvalue weighted by Gasteiger charge is 2.16. The van der Waals surface area contributed by atoms with E-state index >= 15 is 0 Å². The third-order valence-electron chi connectivity index (χ3n) is 3.75. The molecule has 0 fully saturated rings. The number of rotatable bonds is 3. The van der Waals surface area contributed by atoms with Crippen molar-refractivity contribution in [3.05, 3.63) is 58.4 Å². The van der Waals surface area contributed by atoms with E-state index in [2.05, 4.69) is 20.4 Å². The summed E-state index contributed by atoms with van der Waals surface area (Å²) in [6, 6.07) is 8.66. The van der Waals surface area contributed by atoms with Crippen molar-refractivity contribution in [2.24, 2.45) is 7.05 Å². The van der Waals surface area contributed by atoms with Gasteiger partial charge in [-0.3, -0.25) is 18.9 Å². The van der Waals surface area contributed by atoms with E-state index in [-0.39, 0.29) is 17.9 Å². The fourth-order valence-corrected chi connectivity index (χ4v) is 2.56. The van der Waals surface area contributed by atoms with E-state index in [0.29, 0.717) is 22.5 Å². The summed E-state index contributed by atoms with van der Waals surface area (Å²) in [6.07, 6.45) is 1.46. The number of hydrogen-bond acceptors (Lipinski definition) is 6. The number of aryl methyl sites for hydroxylation is 1. The number of nitrogens with zero attached hydrogens (tertiary/aromatic N) is 5. The Hall–Kier alpha value is -3.49. The quantitative estimate of drug-likeness (QED) is 0.555. The van der Waals surface area contributed by atoms with Crippen LogP contribution in [0.3, 0.4) is 0 Å². The van der Waals surface area contributed by atoms with Crippen molar-refractivity contribution in [3.63, 3.8) is 0 Å². The number of aromatic amines is 1. The second-order valence-corrected chi connectivity index (χ2v) is 5.18. The predicted octanol–water partition coefficient (Wildman–Crippen LogP) is 0.661. The number of benzene rings is 1. The van der Waals surface area contributed by atoms with E-state index in [1.165, 1.54) is 16.8 Å². The molecule has 120 valence electrons. The molecule has 0 aliphatic rings. The van der Waals surface area contributed by atoms with Gasteiger partial charge in [-0.05, 0) is 18.2 Å². The maximum Gasteiger partial charge on any atom is 0.356 e. The highest BCUT2D eigenvalue weighted by Crippen LogP contribution is 2.14. The molecule has 3 heterocycles. The Balaban J connectivity index is 1.80. The maximum atomic E-state index is 12.4. The fraction of sp³-hybridized carbons (Fsp3) is 0.133. The van der Waals surface area contributed by atoms with Crippen molar-refractivity contribution < 1.29 is 9.53 Å². The molecule has 0 spiro atoms. The van der Waals surface area contributed by atoms with Gasteiger partial charge in [-0.2, -0.15) is 5.10 Å². The summed E-state index contributed by atoms with van der Waals surface area (Å²) in [6.45, 7) is -0.0821. The number of aromatic nitrogens is 6. The van der Waals surface area contributed by atoms with Crippen LogP contribution < -0.4 is 5.56 Å². The van der Waals surface area contributed by atoms with Crippen LogP contribution in [0.15, 0.2) is 41.3 Å². The molecule has 0 aliphatic carbocycles. The monoisotopic (exact) mass is 324 g/mol. The highest BCUT2D eigenvalue weighted by atomic mass is 16.5. The molecule has 4 aromatic rings. The SMILES string of the molecule is Cn1c(=O)c2ccccc2n2c(COC(=O)c3ccn[nH]3)nnc12. The molecule has 9 nitrogen and oxygen atoms in total. The van der Waals surface area contributed by atoms with Crippen molar-refractivity contribution in [2.75, 3.05) is 0 Å². The lowest BCUT2D eigenvalue weighted by Crippen LogP contribution is -2.20. The number of carbonyl (C=O) groups excluding carboxylic acids is 1. The first-order valence-corrected chi connectivity index (χ1v) is 7.15. The van der Waals surface area contributed by atoms with Crippen LogP contribution in [0.5, 0.6) is 0 Å². The number of para-hydroxylation sites is 1. The van der Waals surface area contributed by atoms with E-state index in [1.54, 1.807) is 29.6 Å². The van der Waals surface area contributed by atoms with Crippen molar-refractivity contribution in [2.45, 2.75) is 6.61 Å². The van der Waals surface area contributed by atoms with Crippen molar-refractivity contribution in [3.8, 4) is 0 Å². The first kappa shape index (κ1) is 14.1. The molecule has 0 amide bonds. The summed E-state index contributed by atoms with van der Waals surface area (Å²) in [4.78, 5) is 24.3. The fourth-order valence-electron chi connectivity index (χ4n) is 2.56. The van der Waals surface area contributed by atoms with Crippen LogP contribution in [0.4, 0.5) is 0 Å². The van der Waals surface area contributed by atoms with Gasteiger partial charge in [-0.1, -0.05) is 12.1 Å². The average Bonchev–Trinajstić information content (AvgIpc) is 3.27. The Bertz CT molecular complexity index is 1110. The first-order chi connectivity index (χ1) is 11.7. The normalized spacial score (nSPS) is 11.2. The molecule has 0 atom stereocenters. The van der Waals surface area contributed by atoms with Gasteiger partial charge in [-0.15, -0.1) is 10.2 Å². The van der Waals surface area contributed by atoms with E-state index in [9.17, 15) is 9.59 Å². The summed E-state index contributed by atoms with van der Waals surface area (Å²) in [5.74, 6) is 0.259. The number of esters is 1. The van der Waals surface area contributed by atoms with Gasteiger partial charge in [0.1, 0.15) is 5.69 Å². The van der Waals surface area contributed by atoms with E-state index in [4.69, 9.17) is 4.74 Å². The first-order valence-electron chi connectivity index (χ1n) is 7.15. The smallest absolute Gasteiger partial charge is 0.356 e. The lowest BCUT2D eigenvalue weighted by atomic mass is 10.2. The highest BCUT2D eigenvalue weighted by molar-refractivity contribution is 5.87. The van der Waals surface area contributed by atoms with Crippen LogP contribution in [-0.2, 0) is 18.4 Å². The van der Waals surface area contributed by atoms with Crippen LogP contribution >= 0.6 is 0 Å². The second kappa shape index (κ2) is 5.30. The number of hydrogen-bond donors (Lipinski definition) is 1. The van der Waals surface area contributed by atoms with Crippen molar-refractivity contribution in [1.29, 1.82) is 0 Å². The average molecular weight is 324 g/mol. The van der Waals surface area contributed by atoms with Crippen LogP contribution in [0.25, 0.3) is 16.7 Å². The predicted molar refractivity (Wildman–Crippen MR) is 83.4 cm³/mol. The molecule has 9 heteroatoms. The lowest BCUT2D eigenvalue weighted by molar-refractivity contribution is 0.0454. The molecule has 1 N–H and O–H groups in total. The van der Waals surface area contributed by atoms with Gasteiger partial charge < -0.3 is 4.74 Å². The van der Waals surface area contributed by atoms with Crippen molar-refractivity contribution >= 4 is 22.6 Å². The van der Waals surface area contributed by atoms with Crippen LogP contribution in [0.1, 0.15) is 16.3 Å². The summed E-state index contributed by atoms with van der Waals surface area (Å²) >= 11 is 0. The van der Waals surface area contributed by atoms with E-state index in [1.807, 2.05) is 6.07 Å². The topological polar surface area (TPSA) is 107 Å². The zero-order chi connectivity index (χ0) is 16.7. The zero-order valence-corrected chi connectivity index (χ0v) is 12.6. The molecule has 0 bridgehead atoms. The minimum absolute atomic E-state index is 0.0821. The van der Waals surface area contributed by atoms with Gasteiger partial charge in [0.25, 0.3) is 5.56 Å². The molecule has 24 heavy (non-hydrogen) atoms. The molecule has 3 aromatic heterocycles. The van der Waals surface area contributed by atoms with Gasteiger partial charge in [0.05, 0.1) is 10.9 Å². The van der Waals surface area contributed by atoms with E-state index < -0.39 is 5.97 Å². The largest absolute Gasteiger partial charge is 0.453 e. The zero-order valence-electron chi connectivity index (χ0n) is 12.6. The Labute approximate surface area is 134 Å². The minimum atomic E-state index is -0.543. The molecule has 4 rings (SSSR count). The second-order valence-electron chi connectivity index (χ2n) is 5.18. The summed E-state index contributed by atoms with van der Waals surface area (Å²) < 4.78 is 8.35. The number of carbonyl (C=O) groups is 1. The number of fused-ring (bicyclic) bond motifs is 3. The van der Waals surface area contributed by atoms with Gasteiger partial charge in [0.2, 0.25) is 5.78 Å². The Morgan fingerprint density at radius 2 is 2.08 bits per heavy atom. The molecule has 1 aromatic carbocycles. The Kier molecular flexibility index (Phi) is 3.12. The lowest BCUT2D eigenvalue weighted by Gasteiger charge is -2.08. The van der Waals surface area contributed by atoms with Crippen LogP contribution in [-0.4, -0.2) is 35.3 Å². The van der Waals surface area contributed by atoms with Crippen molar-refractivity contribution in [1.82, 2.24) is 29.4 Å². The summed E-state index contributed by atoms with van der Waals surface area (Å²) in [5.41, 5.74) is 0.751. The molecule has 0 radical (unpaired) electrons. The maximum absolute atomic E-state index is 12.4. The van der Waals surface area contributed by atoms with Gasteiger partial charge >= 0.3 is 5.97 Å². The number of nitrogens with one attached hydrogen (secondary N) is 1. The van der Waals surface area contributed by atoms with Gasteiger partial charge in [0.15, 0.2) is 12.4 Å². The Morgan fingerprint density at radius 3 is 2.88 bits per heavy atom. The molecular weight excluding hydrogens is 312 g/mol. The standard InChI is InChI=1S/C15H12N6O3/c1-20-13(22)9-4-2-3-5-11(9)21-12(18-19-15(20)21)8-24-14(23)10-6-7-16-17-10/h2-7H,8H2,1H3,(H,16,17). The summed E-state index contributed by atoms with van der Waals surface area (Å²) in [5, 5.41) is 14.9. The molecule has 0 aliphatic heterocycles. The minimum Gasteiger partial charge on any atom is -0.453 e. The van der Waals surface area contributed by atoms with Crippen LogP contribution in [0.2, 0.25) is 0 Å². The van der Waals surface area contributed by atoms with Gasteiger partial charge in [-0.25, -0.2) is 4.79 Å². The number of H-pyrrole nitrogens is 1. The molecular formula is C15H12N6O3. The molecule has 0 unspecified atom stereocenters. The van der Waals surface area contributed by atoms with E-state index in [0.717, 1.165) is 0 Å². The Morgan fingerprint density at radius 1 is 1.25 bits per heavy atom.